The van der Waals surface area contributed by atoms with Crippen LogP contribution in [0.25, 0.3) is 11.8 Å². The standard InChI is InChI=1S/C62H70N2O15/c1-30(2)12-11-23-60(8)24-22-39-53(78-60)38(20-15-31(3)4)55-45(54(39)77-58(73)34-16-18-35(19-17-34)75-59-52(70)51(69)50(68)42(29-66)76-59)48-46-43(44-47(64-48)36-13-9-10-14-37(36)49(44)67)40-28-41(32(5)6)62(46,79-55)61(74,56(40)71)25-21-33(7)57(72)63-26-27-65/h9-10,12-19,21-22,24,32,40-44,50-52,59,65-66,68-70,74H,11,20,23,25-29H2,1-8H3,(H,63,72)/b33-21-/t40?,41?,42-,43?,44?,50-,51+,52-,59-,60?,61?,62?/m0/s1. The second kappa shape index (κ2) is 21.2. The van der Waals surface area contributed by atoms with Gasteiger partial charge >= 0.3 is 5.97 Å². The van der Waals surface area contributed by atoms with Crippen LogP contribution in [0.5, 0.6) is 23.0 Å². The maximum atomic E-state index is 15.8. The highest BCUT2D eigenvalue weighted by Gasteiger charge is 2.78. The van der Waals surface area contributed by atoms with Crippen LogP contribution in [0.3, 0.4) is 0 Å². The smallest absolute Gasteiger partial charge is 0.343 e. The number of Topliss-reactive ketones (excluding diaryl/α,β-unsaturated/α-hetero) is 2. The van der Waals surface area contributed by atoms with E-state index >= 15 is 4.79 Å². The first-order valence-corrected chi connectivity index (χ1v) is 27.3. The molecule has 17 heteroatoms. The minimum Gasteiger partial charge on any atom is -0.482 e. The van der Waals surface area contributed by atoms with Crippen molar-refractivity contribution in [2.24, 2.45) is 34.6 Å². The molecule has 3 aromatic rings. The van der Waals surface area contributed by atoms with Crippen LogP contribution in [0, 0.1) is 29.6 Å². The van der Waals surface area contributed by atoms with Gasteiger partial charge in [0.2, 0.25) is 12.2 Å². The van der Waals surface area contributed by atoms with E-state index in [1.807, 2.05) is 78.8 Å². The molecule has 418 valence electrons. The van der Waals surface area contributed by atoms with E-state index in [2.05, 4.69) is 11.4 Å². The molecule has 4 aliphatic heterocycles. The molecule has 7 unspecified atom stereocenters. The molecule has 3 saturated carbocycles. The second-order valence-corrected chi connectivity index (χ2v) is 23.0. The van der Waals surface area contributed by atoms with Crippen LogP contribution in [0.2, 0.25) is 0 Å². The van der Waals surface area contributed by atoms with Crippen molar-refractivity contribution in [2.75, 3.05) is 19.8 Å². The van der Waals surface area contributed by atoms with Gasteiger partial charge in [0.25, 0.3) is 0 Å². The van der Waals surface area contributed by atoms with E-state index in [0.717, 1.165) is 11.1 Å². The molecule has 4 heterocycles. The van der Waals surface area contributed by atoms with Crippen molar-refractivity contribution < 1.29 is 73.5 Å². The van der Waals surface area contributed by atoms with Crippen LogP contribution in [0.15, 0.2) is 100 Å². The predicted molar refractivity (Wildman–Crippen MR) is 292 cm³/mol. The third-order valence-corrected chi connectivity index (χ3v) is 16.9. The van der Waals surface area contributed by atoms with Crippen LogP contribution in [0.4, 0.5) is 0 Å². The zero-order valence-electron chi connectivity index (χ0n) is 45.7. The first-order valence-electron chi connectivity index (χ1n) is 27.3. The molecular formula is C62H70N2O15. The summed E-state index contributed by atoms with van der Waals surface area (Å²) in [4.78, 5) is 64.6. The van der Waals surface area contributed by atoms with Gasteiger partial charge in [0.05, 0.1) is 47.2 Å². The predicted octanol–water partition coefficient (Wildman–Crippen LogP) is 6.33. The van der Waals surface area contributed by atoms with Gasteiger partial charge in [-0.15, -0.1) is 0 Å². The minimum atomic E-state index is -2.35. The van der Waals surface area contributed by atoms with Crippen molar-refractivity contribution in [1.29, 1.82) is 0 Å². The number of benzene rings is 3. The van der Waals surface area contributed by atoms with E-state index in [4.69, 9.17) is 28.7 Å². The van der Waals surface area contributed by atoms with Gasteiger partial charge in [0.15, 0.2) is 28.5 Å². The lowest BCUT2D eigenvalue weighted by molar-refractivity contribution is -0.277. The highest BCUT2D eigenvalue weighted by atomic mass is 16.7. The zero-order chi connectivity index (χ0) is 56.6. The SMILES string of the molecule is CC(C)=CCCC1(C)C=Cc2c(c(CC=C(C)C)c3c(c2OC(=O)c2ccc(O[C@H]4O[C@@H](CO)[C@H](O)[C@@H](O)[C@@H]4O)cc2)C2=C4C(C5CC(C(C)C)C4(O3)C(O)(C/C=C(/C)C(=O)NCCO)C5=O)C3C(=O)c4ccccc4C3=N2)O1. The van der Waals surface area contributed by atoms with Crippen molar-refractivity contribution >= 4 is 40.9 Å². The number of aliphatic hydroxyl groups excluding tert-OH is 5. The number of amides is 1. The lowest BCUT2D eigenvalue weighted by Crippen LogP contribution is -2.79. The van der Waals surface area contributed by atoms with Crippen LogP contribution in [0.1, 0.15) is 124 Å². The number of esters is 1. The number of fused-ring (bicyclic) bond motifs is 8. The van der Waals surface area contributed by atoms with Gasteiger partial charge in [0.1, 0.15) is 47.3 Å². The summed E-state index contributed by atoms with van der Waals surface area (Å²) < 4.78 is 33.1. The Bertz CT molecular complexity index is 3190. The Morgan fingerprint density at radius 2 is 1.61 bits per heavy atom. The van der Waals surface area contributed by atoms with Crippen molar-refractivity contribution in [3.8, 4) is 23.0 Å². The average Bonchev–Trinajstić information content (AvgIpc) is 1.78. The Morgan fingerprint density at radius 1 is 0.899 bits per heavy atom. The number of rotatable bonds is 16. The third-order valence-electron chi connectivity index (χ3n) is 16.9. The highest BCUT2D eigenvalue weighted by Crippen LogP contribution is 2.70. The fourth-order valence-electron chi connectivity index (χ4n) is 12.9. The van der Waals surface area contributed by atoms with Gasteiger partial charge in [-0.25, -0.2) is 4.79 Å². The number of hydrogen-bond acceptors (Lipinski definition) is 16. The number of aliphatic imine (C=N–C) groups is 1. The topological polar surface area (TPSA) is 260 Å². The lowest BCUT2D eigenvalue weighted by Gasteiger charge is -2.66. The van der Waals surface area contributed by atoms with E-state index in [0.29, 0.717) is 57.8 Å². The van der Waals surface area contributed by atoms with Crippen LogP contribution in [-0.4, -0.2) is 127 Å². The van der Waals surface area contributed by atoms with Crippen LogP contribution in [-0.2, 0) is 20.7 Å². The first kappa shape index (κ1) is 55.7. The molecule has 8 aliphatic rings. The summed E-state index contributed by atoms with van der Waals surface area (Å²) in [5.41, 5.74) is 0.661. The van der Waals surface area contributed by atoms with E-state index in [-0.39, 0.29) is 78.1 Å². The molecule has 11 rings (SSSR count). The summed E-state index contributed by atoms with van der Waals surface area (Å²) in [5.74, 6) is -4.89. The number of carbonyl (C=O) groups is 4. The van der Waals surface area contributed by atoms with E-state index in [1.165, 1.54) is 30.3 Å². The van der Waals surface area contributed by atoms with Gasteiger partial charge in [-0.2, -0.15) is 0 Å². The van der Waals surface area contributed by atoms with E-state index in [9.17, 15) is 45.0 Å². The Morgan fingerprint density at radius 3 is 2.28 bits per heavy atom. The average molecular weight is 1080 g/mol. The van der Waals surface area contributed by atoms with Gasteiger partial charge in [0, 0.05) is 58.6 Å². The fraction of sp³-hybridized carbons (Fsp3) is 0.468. The maximum Gasteiger partial charge on any atom is 0.343 e. The molecule has 12 atom stereocenters. The summed E-state index contributed by atoms with van der Waals surface area (Å²) in [7, 11) is 0. The molecule has 1 saturated heterocycles. The summed E-state index contributed by atoms with van der Waals surface area (Å²) >= 11 is 0. The molecule has 7 N–H and O–H groups in total. The number of allylic oxidation sites excluding steroid dienone is 4. The molecular weight excluding hydrogens is 1010 g/mol. The minimum absolute atomic E-state index is 0.00713. The molecule has 2 bridgehead atoms. The molecule has 3 aromatic carbocycles. The molecule has 17 nitrogen and oxygen atoms in total. The number of aliphatic hydroxyl groups is 6. The quantitative estimate of drug-likeness (QED) is 0.0358. The number of ketones is 2. The number of nitrogens with zero attached hydrogens (tertiary/aromatic N) is 1. The lowest BCUT2D eigenvalue weighted by atomic mass is 9.42. The number of nitrogens with one attached hydrogen (secondary N) is 1. The second-order valence-electron chi connectivity index (χ2n) is 23.0. The molecule has 0 aromatic heterocycles. The van der Waals surface area contributed by atoms with E-state index in [1.54, 1.807) is 19.1 Å². The Hall–Kier alpha value is -6.57. The summed E-state index contributed by atoms with van der Waals surface area (Å²) in [5, 5.41) is 67.2. The first-order chi connectivity index (χ1) is 37.6. The number of carbonyl (C=O) groups excluding carboxylic acids is 4. The molecule has 1 spiro atoms. The zero-order valence-corrected chi connectivity index (χ0v) is 45.7. The number of hydrogen-bond donors (Lipinski definition) is 7. The van der Waals surface area contributed by atoms with Crippen molar-refractivity contribution in [3.05, 3.63) is 129 Å². The van der Waals surface area contributed by atoms with Crippen molar-refractivity contribution in [2.45, 2.75) is 135 Å². The highest BCUT2D eigenvalue weighted by molar-refractivity contribution is 6.31. The molecule has 4 fully saturated rings. The third kappa shape index (κ3) is 9.20. The van der Waals surface area contributed by atoms with Crippen LogP contribution < -0.4 is 24.3 Å². The largest absolute Gasteiger partial charge is 0.482 e. The Kier molecular flexibility index (Phi) is 14.9. The summed E-state index contributed by atoms with van der Waals surface area (Å²) in [6.07, 6.45) is 3.23. The van der Waals surface area contributed by atoms with Gasteiger partial charge in [-0.1, -0.05) is 67.5 Å². The molecule has 79 heavy (non-hydrogen) atoms. The molecule has 4 aliphatic carbocycles. The summed E-state index contributed by atoms with van der Waals surface area (Å²) in [6.45, 7) is 14.6. The van der Waals surface area contributed by atoms with Gasteiger partial charge in [-0.3, -0.25) is 19.4 Å². The Balaban J connectivity index is 1.21. The molecule has 0 radical (unpaired) electrons. The Labute approximate surface area is 459 Å². The maximum absolute atomic E-state index is 15.8. The van der Waals surface area contributed by atoms with Crippen molar-refractivity contribution in [1.82, 2.24) is 5.32 Å². The van der Waals surface area contributed by atoms with Gasteiger partial charge in [-0.05, 0) is 110 Å². The summed E-state index contributed by atoms with van der Waals surface area (Å²) in [6, 6.07) is 12.9. The monoisotopic (exact) mass is 1080 g/mol. The van der Waals surface area contributed by atoms with Gasteiger partial charge < -0.3 is 59.6 Å². The normalized spacial score (nSPS) is 30.7. The van der Waals surface area contributed by atoms with E-state index < -0.39 is 95.4 Å². The molecule has 1 amide bonds. The van der Waals surface area contributed by atoms with Crippen molar-refractivity contribution in [3.63, 3.8) is 0 Å². The van der Waals surface area contributed by atoms with Crippen LogP contribution >= 0.6 is 0 Å². The number of ether oxygens (including phenoxy) is 5. The fourth-order valence-corrected chi connectivity index (χ4v) is 12.9.